The maximum Gasteiger partial charge on any atom is 0.201 e. The molecule has 5 nitrogen and oxygen atoms in total. The van der Waals surface area contributed by atoms with Gasteiger partial charge in [-0.2, -0.15) is 9.78 Å². The first-order valence-corrected chi connectivity index (χ1v) is 7.74. The molecule has 0 bridgehead atoms. The summed E-state index contributed by atoms with van der Waals surface area (Å²) in [6.07, 6.45) is 5.36. The minimum Gasteiger partial charge on any atom is -0.391 e. The smallest absolute Gasteiger partial charge is 0.201 e. The molecule has 0 amide bonds. The predicted octanol–water partition coefficient (Wildman–Crippen LogP) is 3.50. The lowest BCUT2D eigenvalue weighted by atomic mass is 10.0. The van der Waals surface area contributed by atoms with Crippen LogP contribution in [0.4, 0.5) is 0 Å². The Morgan fingerprint density at radius 3 is 2.73 bits per heavy atom. The van der Waals surface area contributed by atoms with Gasteiger partial charge in [0.15, 0.2) is 0 Å². The van der Waals surface area contributed by atoms with Crippen LogP contribution in [0.25, 0.3) is 0 Å². The Morgan fingerprint density at radius 2 is 2.09 bits per heavy atom. The maximum absolute atomic E-state index is 5.42. The highest BCUT2D eigenvalue weighted by Crippen LogP contribution is 2.13. The van der Waals surface area contributed by atoms with E-state index in [-0.39, 0.29) is 6.10 Å². The van der Waals surface area contributed by atoms with Gasteiger partial charge in [0.1, 0.15) is 18.8 Å². The molecule has 0 unspecified atom stereocenters. The minimum absolute atomic E-state index is 0.0163. The van der Waals surface area contributed by atoms with Gasteiger partial charge in [0.05, 0.1) is 0 Å². The zero-order chi connectivity index (χ0) is 15.9. The van der Waals surface area contributed by atoms with Gasteiger partial charge in [-0.15, -0.1) is 0 Å². The van der Waals surface area contributed by atoms with Gasteiger partial charge in [0, 0.05) is 5.56 Å². The van der Waals surface area contributed by atoms with Gasteiger partial charge in [-0.05, 0) is 44.2 Å². The normalized spacial score (nSPS) is 12.2. The van der Waals surface area contributed by atoms with E-state index in [1.807, 2.05) is 26.0 Å². The third kappa shape index (κ3) is 4.69. The van der Waals surface area contributed by atoms with Gasteiger partial charge in [-0.25, -0.2) is 4.98 Å². The number of aromatic nitrogens is 3. The molecule has 1 heterocycles. The molecule has 0 aliphatic heterocycles. The lowest BCUT2D eigenvalue weighted by molar-refractivity contribution is 0.0851. The van der Waals surface area contributed by atoms with E-state index < -0.39 is 0 Å². The maximum atomic E-state index is 5.42. The fourth-order valence-electron chi connectivity index (χ4n) is 2.02. The van der Waals surface area contributed by atoms with Crippen LogP contribution in [0.2, 0.25) is 0 Å². The quantitative estimate of drug-likeness (QED) is 0.466. The van der Waals surface area contributed by atoms with Crippen LogP contribution < -0.4 is 0 Å². The van der Waals surface area contributed by atoms with Gasteiger partial charge < -0.3 is 4.84 Å². The lowest BCUT2D eigenvalue weighted by Gasteiger charge is -2.10. The number of aryl methyl sites for hydroxylation is 1. The molecule has 0 fully saturated rings. The van der Waals surface area contributed by atoms with Crippen LogP contribution in [0.1, 0.15) is 45.2 Å². The van der Waals surface area contributed by atoms with E-state index in [4.69, 9.17) is 4.84 Å². The Kier molecular flexibility index (Phi) is 5.69. The number of benzene rings is 1. The van der Waals surface area contributed by atoms with Crippen molar-refractivity contribution in [3.63, 3.8) is 0 Å². The van der Waals surface area contributed by atoms with Crippen molar-refractivity contribution in [3.05, 3.63) is 48.0 Å². The van der Waals surface area contributed by atoms with E-state index >= 15 is 0 Å². The second-order valence-electron chi connectivity index (χ2n) is 6.04. The number of rotatable bonds is 6. The fourth-order valence-corrected chi connectivity index (χ4v) is 2.02. The molecule has 2 rings (SSSR count). The highest BCUT2D eigenvalue weighted by atomic mass is 16.6. The molecular formula is C17H24N4O. The fraction of sp³-hybridized carbons (Fsp3) is 0.471. The molecular weight excluding hydrogens is 276 g/mol. The van der Waals surface area contributed by atoms with Crippen molar-refractivity contribution in [2.24, 2.45) is 11.1 Å². The largest absolute Gasteiger partial charge is 0.391 e. The molecule has 0 atom stereocenters. The monoisotopic (exact) mass is 300 g/mol. The summed E-state index contributed by atoms with van der Waals surface area (Å²) < 4.78 is 1.63. The molecule has 0 aliphatic rings. The minimum atomic E-state index is 0.0163. The molecule has 2 aromatic rings. The summed E-state index contributed by atoms with van der Waals surface area (Å²) in [5.41, 5.74) is 2.27. The highest BCUT2D eigenvalue weighted by Gasteiger charge is 2.10. The standard InChI is InChI=1S/C17H24N4O/c1-13(2)8-9-15-6-5-7-16(10-15)17(20-22-14(3)4)21-12-18-11-19-21/h5-7,10-14H,8-9H2,1-4H3. The Morgan fingerprint density at radius 1 is 1.27 bits per heavy atom. The summed E-state index contributed by atoms with van der Waals surface area (Å²) in [6.45, 7) is 8.37. The molecule has 0 saturated carbocycles. The summed E-state index contributed by atoms with van der Waals surface area (Å²) in [7, 11) is 0. The second-order valence-corrected chi connectivity index (χ2v) is 6.04. The van der Waals surface area contributed by atoms with Gasteiger partial charge in [-0.3, -0.25) is 0 Å². The Hall–Kier alpha value is -2.17. The van der Waals surface area contributed by atoms with Crippen molar-refractivity contribution in [2.45, 2.75) is 46.6 Å². The van der Waals surface area contributed by atoms with Crippen molar-refractivity contribution in [1.29, 1.82) is 0 Å². The molecule has 5 heteroatoms. The SMILES string of the molecule is CC(C)CCc1cccc(C(=NOC(C)C)n2cncn2)c1. The van der Waals surface area contributed by atoms with Crippen LogP contribution in [0.5, 0.6) is 0 Å². The third-order valence-electron chi connectivity index (χ3n) is 3.18. The summed E-state index contributed by atoms with van der Waals surface area (Å²) in [6, 6.07) is 8.36. The second kappa shape index (κ2) is 7.73. The van der Waals surface area contributed by atoms with Crippen LogP contribution in [0.15, 0.2) is 42.1 Å². The van der Waals surface area contributed by atoms with Crippen LogP contribution in [0.3, 0.4) is 0 Å². The number of hydrogen-bond acceptors (Lipinski definition) is 4. The van der Waals surface area contributed by atoms with Crippen LogP contribution >= 0.6 is 0 Å². The summed E-state index contributed by atoms with van der Waals surface area (Å²) >= 11 is 0. The molecule has 0 aliphatic carbocycles. The molecule has 0 spiro atoms. The lowest BCUT2D eigenvalue weighted by Crippen LogP contribution is -2.16. The first-order chi connectivity index (χ1) is 10.6. The first kappa shape index (κ1) is 16.2. The molecule has 0 radical (unpaired) electrons. The molecule has 0 saturated heterocycles. The topological polar surface area (TPSA) is 52.3 Å². The molecule has 1 aromatic heterocycles. The zero-order valence-electron chi connectivity index (χ0n) is 13.7. The van der Waals surface area contributed by atoms with Crippen molar-refractivity contribution in [3.8, 4) is 0 Å². The number of hydrogen-bond donors (Lipinski definition) is 0. The number of nitrogens with zero attached hydrogens (tertiary/aromatic N) is 4. The predicted molar refractivity (Wildman–Crippen MR) is 87.8 cm³/mol. The van der Waals surface area contributed by atoms with Gasteiger partial charge in [0.2, 0.25) is 5.84 Å². The highest BCUT2D eigenvalue weighted by molar-refractivity contribution is 5.99. The Balaban J connectivity index is 2.27. The third-order valence-corrected chi connectivity index (χ3v) is 3.18. The van der Waals surface area contributed by atoms with Crippen LogP contribution in [0, 0.1) is 5.92 Å². The average molecular weight is 300 g/mol. The van der Waals surface area contributed by atoms with Gasteiger partial charge >= 0.3 is 0 Å². The average Bonchev–Trinajstić information content (AvgIpc) is 2.99. The molecule has 118 valence electrons. The first-order valence-electron chi connectivity index (χ1n) is 7.74. The molecule has 0 N–H and O–H groups in total. The Bertz CT molecular complexity index is 603. The van der Waals surface area contributed by atoms with E-state index in [1.165, 1.54) is 18.3 Å². The number of oxime groups is 1. The van der Waals surface area contributed by atoms with E-state index in [0.29, 0.717) is 11.8 Å². The van der Waals surface area contributed by atoms with Crippen LogP contribution in [-0.4, -0.2) is 26.7 Å². The van der Waals surface area contributed by atoms with Crippen molar-refractivity contribution < 1.29 is 4.84 Å². The van der Waals surface area contributed by atoms with Gasteiger partial charge in [-0.1, -0.05) is 37.2 Å². The van der Waals surface area contributed by atoms with E-state index in [1.54, 1.807) is 11.0 Å². The van der Waals surface area contributed by atoms with Crippen molar-refractivity contribution >= 4 is 5.84 Å². The summed E-state index contributed by atoms with van der Waals surface area (Å²) in [5.74, 6) is 1.34. The van der Waals surface area contributed by atoms with Crippen molar-refractivity contribution in [2.75, 3.05) is 0 Å². The zero-order valence-corrected chi connectivity index (χ0v) is 13.7. The van der Waals surface area contributed by atoms with Crippen molar-refractivity contribution in [1.82, 2.24) is 14.8 Å². The van der Waals surface area contributed by atoms with E-state index in [9.17, 15) is 0 Å². The molecule has 1 aromatic carbocycles. The summed E-state index contributed by atoms with van der Waals surface area (Å²) in [4.78, 5) is 9.41. The van der Waals surface area contributed by atoms with Crippen LogP contribution in [-0.2, 0) is 11.3 Å². The summed E-state index contributed by atoms with van der Waals surface area (Å²) in [5, 5.41) is 8.42. The Labute approximate surface area is 132 Å². The van der Waals surface area contributed by atoms with E-state index in [0.717, 1.165) is 12.0 Å². The molecule has 22 heavy (non-hydrogen) atoms. The van der Waals surface area contributed by atoms with E-state index in [2.05, 4.69) is 41.2 Å². The van der Waals surface area contributed by atoms with Gasteiger partial charge in [0.25, 0.3) is 0 Å².